The maximum atomic E-state index is 12.7. The van der Waals surface area contributed by atoms with Crippen LogP contribution in [0.25, 0.3) is 5.57 Å². The van der Waals surface area contributed by atoms with Gasteiger partial charge in [-0.25, -0.2) is 4.98 Å². The van der Waals surface area contributed by atoms with E-state index in [1.54, 1.807) is 18.2 Å². The summed E-state index contributed by atoms with van der Waals surface area (Å²) in [6.45, 7) is 8.21. The van der Waals surface area contributed by atoms with E-state index in [4.69, 9.17) is 5.26 Å². The number of aromatic amines is 1. The van der Waals surface area contributed by atoms with Crippen molar-refractivity contribution in [1.29, 1.82) is 5.26 Å². The zero-order chi connectivity index (χ0) is 24.0. The Morgan fingerprint density at radius 1 is 1.33 bits per heavy atom. The molecule has 1 heterocycles. The van der Waals surface area contributed by atoms with Crippen LogP contribution in [0.1, 0.15) is 78.2 Å². The van der Waals surface area contributed by atoms with E-state index < -0.39 is 5.91 Å². The van der Waals surface area contributed by atoms with Crippen molar-refractivity contribution >= 4 is 29.4 Å². The average Bonchev–Trinajstić information content (AvgIpc) is 3.27. The molecular formula is C25H27N5O3. The highest BCUT2D eigenvalue weighted by Crippen LogP contribution is 2.40. The van der Waals surface area contributed by atoms with E-state index in [-0.39, 0.29) is 29.3 Å². The van der Waals surface area contributed by atoms with Crippen LogP contribution >= 0.6 is 0 Å². The average molecular weight is 446 g/mol. The van der Waals surface area contributed by atoms with Gasteiger partial charge in [0.1, 0.15) is 18.0 Å². The largest absolute Gasteiger partial charge is 0.326 e. The summed E-state index contributed by atoms with van der Waals surface area (Å²) in [5, 5.41) is 14.5. The first kappa shape index (κ1) is 23.7. The number of H-pyrrole nitrogens is 1. The Labute approximate surface area is 192 Å². The van der Waals surface area contributed by atoms with Crippen LogP contribution in [-0.2, 0) is 4.79 Å². The molecule has 0 spiro atoms. The Morgan fingerprint density at radius 2 is 2.12 bits per heavy atom. The molecule has 1 aromatic carbocycles. The molecule has 0 radical (unpaired) electrons. The third-order valence-corrected chi connectivity index (χ3v) is 5.61. The van der Waals surface area contributed by atoms with Crippen molar-refractivity contribution in [2.24, 2.45) is 5.41 Å². The SMILES string of the molecule is C=C(CCC=O)NC(=O)c1ccc(NC(=O)c2ncc(C#N)[nH]2)c(C2=CCC(C)(C)CC2)c1. The molecule has 0 saturated carbocycles. The Hall–Kier alpha value is -3.99. The number of amides is 2. The second-order valence-electron chi connectivity index (χ2n) is 8.83. The lowest BCUT2D eigenvalue weighted by atomic mass is 9.76. The summed E-state index contributed by atoms with van der Waals surface area (Å²) in [5.41, 5.74) is 3.64. The fraction of sp³-hybridized carbons (Fsp3) is 0.320. The van der Waals surface area contributed by atoms with Crippen LogP contribution in [0.4, 0.5) is 5.69 Å². The van der Waals surface area contributed by atoms with Crippen LogP contribution in [0.3, 0.4) is 0 Å². The lowest BCUT2D eigenvalue weighted by Gasteiger charge is -2.29. The number of nitrogens with one attached hydrogen (secondary N) is 3. The third kappa shape index (κ3) is 6.04. The highest BCUT2D eigenvalue weighted by atomic mass is 16.2. The minimum atomic E-state index is -0.478. The summed E-state index contributed by atoms with van der Waals surface area (Å²) in [6, 6.07) is 6.97. The summed E-state index contributed by atoms with van der Waals surface area (Å²) >= 11 is 0. The van der Waals surface area contributed by atoms with Crippen molar-refractivity contribution in [1.82, 2.24) is 15.3 Å². The molecule has 0 aliphatic heterocycles. The molecule has 2 amide bonds. The highest BCUT2D eigenvalue weighted by molar-refractivity contribution is 6.04. The monoisotopic (exact) mass is 445 g/mol. The summed E-state index contributed by atoms with van der Waals surface area (Å²) in [7, 11) is 0. The van der Waals surface area contributed by atoms with Gasteiger partial charge in [0.25, 0.3) is 11.8 Å². The third-order valence-electron chi connectivity index (χ3n) is 5.61. The number of hydrogen-bond acceptors (Lipinski definition) is 5. The van der Waals surface area contributed by atoms with Gasteiger partial charge in [-0.1, -0.05) is 26.5 Å². The van der Waals surface area contributed by atoms with Gasteiger partial charge >= 0.3 is 0 Å². The molecule has 3 N–H and O–H groups in total. The number of benzene rings is 1. The van der Waals surface area contributed by atoms with Gasteiger partial charge in [0.15, 0.2) is 5.82 Å². The van der Waals surface area contributed by atoms with Crippen molar-refractivity contribution in [2.45, 2.75) is 46.0 Å². The zero-order valence-corrected chi connectivity index (χ0v) is 18.8. The minimum Gasteiger partial charge on any atom is -0.326 e. The molecule has 8 nitrogen and oxygen atoms in total. The molecule has 8 heteroatoms. The molecule has 1 aliphatic rings. The molecule has 0 bridgehead atoms. The van der Waals surface area contributed by atoms with Gasteiger partial charge in [-0.2, -0.15) is 5.26 Å². The number of aromatic nitrogens is 2. The van der Waals surface area contributed by atoms with Crippen LogP contribution in [0.15, 0.2) is 42.7 Å². The molecule has 0 fully saturated rings. The number of imidazole rings is 1. The summed E-state index contributed by atoms with van der Waals surface area (Å²) in [4.78, 5) is 42.6. The predicted molar refractivity (Wildman–Crippen MR) is 125 cm³/mol. The van der Waals surface area contributed by atoms with Gasteiger partial charge in [0.05, 0.1) is 6.20 Å². The first-order valence-corrected chi connectivity index (χ1v) is 10.7. The van der Waals surface area contributed by atoms with Gasteiger partial charge in [-0.3, -0.25) is 9.59 Å². The Kier molecular flexibility index (Phi) is 7.23. The van der Waals surface area contributed by atoms with Crippen LogP contribution in [-0.4, -0.2) is 28.1 Å². The second-order valence-corrected chi connectivity index (χ2v) is 8.83. The maximum absolute atomic E-state index is 12.7. The Balaban J connectivity index is 1.90. The summed E-state index contributed by atoms with van der Waals surface area (Å²) in [6.07, 6.45) is 7.58. The number of nitriles is 1. The predicted octanol–water partition coefficient (Wildman–Crippen LogP) is 4.35. The van der Waals surface area contributed by atoms with E-state index in [1.807, 2.05) is 6.07 Å². The first-order chi connectivity index (χ1) is 15.7. The lowest BCUT2D eigenvalue weighted by molar-refractivity contribution is -0.107. The number of carbonyl (C=O) groups is 3. The number of carbonyl (C=O) groups excluding carboxylic acids is 3. The molecule has 0 unspecified atom stereocenters. The Morgan fingerprint density at radius 3 is 2.76 bits per heavy atom. The van der Waals surface area contributed by atoms with Crippen molar-refractivity contribution in [3.05, 3.63) is 65.4 Å². The Bertz CT molecular complexity index is 1170. The van der Waals surface area contributed by atoms with Gasteiger partial charge < -0.3 is 20.4 Å². The number of nitrogens with zero attached hydrogens (tertiary/aromatic N) is 2. The van der Waals surface area contributed by atoms with E-state index >= 15 is 0 Å². The fourth-order valence-corrected chi connectivity index (χ4v) is 3.58. The number of anilines is 1. The number of aldehydes is 1. The van der Waals surface area contributed by atoms with Crippen LogP contribution in [0, 0.1) is 16.7 Å². The molecule has 1 aromatic heterocycles. The number of hydrogen-bond donors (Lipinski definition) is 3. The molecule has 170 valence electrons. The van der Waals surface area contributed by atoms with E-state index in [0.717, 1.165) is 36.7 Å². The van der Waals surface area contributed by atoms with Crippen LogP contribution in [0.2, 0.25) is 0 Å². The maximum Gasteiger partial charge on any atom is 0.291 e. The quantitative estimate of drug-likeness (QED) is 0.521. The van der Waals surface area contributed by atoms with Gasteiger partial charge in [-0.05, 0) is 54.9 Å². The zero-order valence-electron chi connectivity index (χ0n) is 18.8. The van der Waals surface area contributed by atoms with Gasteiger partial charge in [0, 0.05) is 28.9 Å². The van der Waals surface area contributed by atoms with E-state index in [2.05, 4.69) is 47.1 Å². The topological polar surface area (TPSA) is 128 Å². The molecule has 0 saturated heterocycles. The second kappa shape index (κ2) is 10.1. The number of allylic oxidation sites excluding steroid dienone is 3. The standard InChI is InChI=1S/C25H27N5O3/c1-16(5-4-12-31)28-23(32)18-6-7-21(30-24(33)22-27-15-19(14-26)29-22)20(13-18)17-8-10-25(2,3)11-9-17/h6-8,12-13,15H,1,4-5,9-11H2,2-3H3,(H,27,29)(H,28,32)(H,30,33). The fourth-order valence-electron chi connectivity index (χ4n) is 3.58. The van der Waals surface area contributed by atoms with Crippen molar-refractivity contribution in [3.63, 3.8) is 0 Å². The van der Waals surface area contributed by atoms with Gasteiger partial charge in [-0.15, -0.1) is 0 Å². The summed E-state index contributed by atoms with van der Waals surface area (Å²) < 4.78 is 0. The minimum absolute atomic E-state index is 0.0320. The molecule has 33 heavy (non-hydrogen) atoms. The van der Waals surface area contributed by atoms with E-state index in [9.17, 15) is 14.4 Å². The van der Waals surface area contributed by atoms with Crippen molar-refractivity contribution in [2.75, 3.05) is 5.32 Å². The van der Waals surface area contributed by atoms with Crippen molar-refractivity contribution < 1.29 is 14.4 Å². The van der Waals surface area contributed by atoms with Crippen molar-refractivity contribution in [3.8, 4) is 6.07 Å². The molecule has 2 aromatic rings. The van der Waals surface area contributed by atoms with Crippen LogP contribution < -0.4 is 10.6 Å². The van der Waals surface area contributed by atoms with Gasteiger partial charge in [0.2, 0.25) is 0 Å². The normalized spacial score (nSPS) is 14.5. The molecule has 1 aliphatic carbocycles. The number of rotatable bonds is 8. The van der Waals surface area contributed by atoms with E-state index in [0.29, 0.717) is 23.4 Å². The lowest BCUT2D eigenvalue weighted by Crippen LogP contribution is -2.23. The van der Waals surface area contributed by atoms with Crippen LogP contribution in [0.5, 0.6) is 0 Å². The molecule has 3 rings (SSSR count). The molecular weight excluding hydrogens is 418 g/mol. The molecule has 0 atom stereocenters. The smallest absolute Gasteiger partial charge is 0.291 e. The summed E-state index contributed by atoms with van der Waals surface area (Å²) in [5.74, 6) is -0.773. The van der Waals surface area contributed by atoms with E-state index in [1.165, 1.54) is 6.20 Å². The first-order valence-electron chi connectivity index (χ1n) is 10.7. The highest BCUT2D eigenvalue weighted by Gasteiger charge is 2.24.